The summed E-state index contributed by atoms with van der Waals surface area (Å²) < 4.78 is 0. The fourth-order valence-corrected chi connectivity index (χ4v) is 3.85. The first-order valence-corrected chi connectivity index (χ1v) is 9.26. The van der Waals surface area contributed by atoms with Crippen molar-refractivity contribution in [3.8, 4) is 0 Å². The van der Waals surface area contributed by atoms with Crippen molar-refractivity contribution in [3.63, 3.8) is 0 Å². The van der Waals surface area contributed by atoms with Gasteiger partial charge >= 0.3 is 0 Å². The fourth-order valence-electron chi connectivity index (χ4n) is 3.85. The van der Waals surface area contributed by atoms with Crippen molar-refractivity contribution in [2.24, 2.45) is 5.92 Å². The van der Waals surface area contributed by atoms with Crippen LogP contribution >= 0.6 is 0 Å². The highest BCUT2D eigenvalue weighted by molar-refractivity contribution is 4.84. The van der Waals surface area contributed by atoms with E-state index in [0.29, 0.717) is 0 Å². The fraction of sp³-hybridized carbons (Fsp3) is 1.00. The minimum Gasteiger partial charge on any atom is -0.303 e. The molecule has 21 heavy (non-hydrogen) atoms. The number of nitrogens with zero attached hydrogens (tertiary/aromatic N) is 3. The summed E-state index contributed by atoms with van der Waals surface area (Å²) in [7, 11) is 0. The minimum absolute atomic E-state index is 0.718. The first-order valence-electron chi connectivity index (χ1n) is 9.26. The number of hydrogen-bond acceptors (Lipinski definition) is 3. The summed E-state index contributed by atoms with van der Waals surface area (Å²) >= 11 is 0. The molecule has 0 spiro atoms. The Balaban J connectivity index is 1.63. The van der Waals surface area contributed by atoms with Gasteiger partial charge in [-0.2, -0.15) is 0 Å². The van der Waals surface area contributed by atoms with Crippen LogP contribution in [0.25, 0.3) is 0 Å². The second-order valence-electron chi connectivity index (χ2n) is 7.77. The maximum absolute atomic E-state index is 2.77. The highest BCUT2D eigenvalue weighted by atomic mass is 15.3. The smallest absolute Gasteiger partial charge is 0.0121 e. The van der Waals surface area contributed by atoms with Crippen LogP contribution in [0.5, 0.6) is 0 Å². The van der Waals surface area contributed by atoms with Gasteiger partial charge in [0.2, 0.25) is 0 Å². The Bertz CT molecular complexity index is 274. The van der Waals surface area contributed by atoms with Gasteiger partial charge in [0.25, 0.3) is 0 Å². The number of likely N-dealkylation sites (tertiary alicyclic amines) is 1. The Morgan fingerprint density at radius 1 is 0.857 bits per heavy atom. The van der Waals surface area contributed by atoms with Gasteiger partial charge in [0.1, 0.15) is 0 Å². The Labute approximate surface area is 132 Å². The zero-order valence-electron chi connectivity index (χ0n) is 14.9. The number of rotatable bonds is 6. The van der Waals surface area contributed by atoms with Crippen LogP contribution in [-0.4, -0.2) is 72.6 Å². The van der Waals surface area contributed by atoms with E-state index in [4.69, 9.17) is 0 Å². The average Bonchev–Trinajstić information content (AvgIpc) is 2.48. The van der Waals surface area contributed by atoms with Gasteiger partial charge in [0.15, 0.2) is 0 Å². The Morgan fingerprint density at radius 2 is 1.48 bits per heavy atom. The van der Waals surface area contributed by atoms with Crippen molar-refractivity contribution in [1.82, 2.24) is 14.7 Å². The molecule has 0 N–H and O–H groups in total. The topological polar surface area (TPSA) is 9.72 Å². The number of piperazine rings is 1. The van der Waals surface area contributed by atoms with Crippen LogP contribution in [-0.2, 0) is 0 Å². The van der Waals surface area contributed by atoms with Gasteiger partial charge in [-0.15, -0.1) is 0 Å². The molecule has 0 bridgehead atoms. The zero-order valence-corrected chi connectivity index (χ0v) is 14.9. The largest absolute Gasteiger partial charge is 0.303 e. The van der Waals surface area contributed by atoms with Gasteiger partial charge in [0.05, 0.1) is 0 Å². The summed E-state index contributed by atoms with van der Waals surface area (Å²) in [5.74, 6) is 0.861. The third-order valence-electron chi connectivity index (χ3n) is 5.41. The van der Waals surface area contributed by atoms with Gasteiger partial charge < -0.3 is 4.90 Å². The molecule has 3 nitrogen and oxygen atoms in total. The molecule has 0 unspecified atom stereocenters. The van der Waals surface area contributed by atoms with Crippen LogP contribution in [0, 0.1) is 5.92 Å². The number of piperidine rings is 1. The lowest BCUT2D eigenvalue weighted by molar-refractivity contribution is 0.0481. The summed E-state index contributed by atoms with van der Waals surface area (Å²) in [5.41, 5.74) is 0. The van der Waals surface area contributed by atoms with E-state index in [1.54, 1.807) is 0 Å². The molecule has 0 aromatic carbocycles. The Hall–Kier alpha value is -0.120. The van der Waals surface area contributed by atoms with E-state index < -0.39 is 0 Å². The molecule has 2 saturated heterocycles. The van der Waals surface area contributed by atoms with Crippen molar-refractivity contribution in [2.45, 2.75) is 65.5 Å². The maximum atomic E-state index is 2.77. The molecule has 0 amide bonds. The van der Waals surface area contributed by atoms with Crippen molar-refractivity contribution >= 4 is 0 Å². The lowest BCUT2D eigenvalue weighted by Crippen LogP contribution is -2.54. The van der Waals surface area contributed by atoms with Crippen LogP contribution in [0.4, 0.5) is 0 Å². The average molecular weight is 296 g/mol. The SMILES string of the molecule is CC(C)CCCN1CCC(N2CCN(C(C)C)CC2)CC1. The van der Waals surface area contributed by atoms with E-state index >= 15 is 0 Å². The second-order valence-corrected chi connectivity index (χ2v) is 7.77. The summed E-state index contributed by atoms with van der Waals surface area (Å²) in [5, 5.41) is 0. The molecular formula is C18H37N3. The van der Waals surface area contributed by atoms with E-state index in [1.807, 2.05) is 0 Å². The molecule has 124 valence electrons. The lowest BCUT2D eigenvalue weighted by atomic mass is 10.0. The third-order valence-corrected chi connectivity index (χ3v) is 5.41. The summed E-state index contributed by atoms with van der Waals surface area (Å²) in [6, 6.07) is 1.58. The second kappa shape index (κ2) is 8.50. The van der Waals surface area contributed by atoms with Crippen molar-refractivity contribution in [2.75, 3.05) is 45.8 Å². The molecule has 0 radical (unpaired) electrons. The monoisotopic (exact) mass is 295 g/mol. The van der Waals surface area contributed by atoms with Crippen LogP contribution < -0.4 is 0 Å². The predicted octanol–water partition coefficient (Wildman–Crippen LogP) is 2.91. The summed E-state index contributed by atoms with van der Waals surface area (Å²) in [4.78, 5) is 8.09. The van der Waals surface area contributed by atoms with E-state index in [2.05, 4.69) is 42.4 Å². The minimum atomic E-state index is 0.718. The van der Waals surface area contributed by atoms with Crippen LogP contribution in [0.2, 0.25) is 0 Å². The number of hydrogen-bond donors (Lipinski definition) is 0. The molecule has 2 aliphatic rings. The first kappa shape index (κ1) is 17.2. The molecule has 2 rings (SSSR count). The molecule has 0 aromatic heterocycles. The normalized spacial score (nSPS) is 24.3. The standard InChI is InChI=1S/C18H37N3/c1-16(2)6-5-9-19-10-7-18(8-11-19)21-14-12-20(13-15-21)17(3)4/h16-18H,5-15H2,1-4H3. The summed E-state index contributed by atoms with van der Waals surface area (Å²) in [6.45, 7) is 18.4. The lowest BCUT2D eigenvalue weighted by Gasteiger charge is -2.43. The Morgan fingerprint density at radius 3 is 2.00 bits per heavy atom. The van der Waals surface area contributed by atoms with Crippen LogP contribution in [0.3, 0.4) is 0 Å². The molecule has 0 aromatic rings. The van der Waals surface area contributed by atoms with E-state index in [9.17, 15) is 0 Å². The van der Waals surface area contributed by atoms with Crippen molar-refractivity contribution < 1.29 is 0 Å². The van der Waals surface area contributed by atoms with Crippen molar-refractivity contribution in [3.05, 3.63) is 0 Å². The van der Waals surface area contributed by atoms with E-state index in [-0.39, 0.29) is 0 Å². The van der Waals surface area contributed by atoms with E-state index in [0.717, 1.165) is 18.0 Å². The van der Waals surface area contributed by atoms with Crippen molar-refractivity contribution in [1.29, 1.82) is 0 Å². The molecule has 2 fully saturated rings. The first-order chi connectivity index (χ1) is 10.1. The van der Waals surface area contributed by atoms with Gasteiger partial charge in [-0.3, -0.25) is 9.80 Å². The van der Waals surface area contributed by atoms with E-state index in [1.165, 1.54) is 71.5 Å². The molecule has 2 aliphatic heterocycles. The van der Waals surface area contributed by atoms with Gasteiger partial charge in [-0.1, -0.05) is 13.8 Å². The Kier molecular flexibility index (Phi) is 6.97. The quantitative estimate of drug-likeness (QED) is 0.746. The molecular weight excluding hydrogens is 258 g/mol. The highest BCUT2D eigenvalue weighted by Crippen LogP contribution is 2.19. The summed E-state index contributed by atoms with van der Waals surface area (Å²) in [6.07, 6.45) is 5.55. The molecule has 0 aliphatic carbocycles. The molecule has 0 saturated carbocycles. The molecule has 3 heteroatoms. The maximum Gasteiger partial charge on any atom is 0.0121 e. The highest BCUT2D eigenvalue weighted by Gasteiger charge is 2.27. The van der Waals surface area contributed by atoms with Gasteiger partial charge in [-0.05, 0) is 65.1 Å². The molecule has 2 heterocycles. The third kappa shape index (κ3) is 5.54. The molecule has 0 atom stereocenters. The van der Waals surface area contributed by atoms with Crippen LogP contribution in [0.15, 0.2) is 0 Å². The predicted molar refractivity (Wildman–Crippen MR) is 91.8 cm³/mol. The van der Waals surface area contributed by atoms with Crippen LogP contribution in [0.1, 0.15) is 53.4 Å². The van der Waals surface area contributed by atoms with Gasteiger partial charge in [0, 0.05) is 38.3 Å². The zero-order chi connectivity index (χ0) is 15.2. The van der Waals surface area contributed by atoms with Gasteiger partial charge in [-0.25, -0.2) is 0 Å².